The Hall–Kier alpha value is -2.83. The molecule has 6 heteroatoms. The smallest absolute Gasteiger partial charge is 0.215 e. The van der Waals surface area contributed by atoms with Crippen LogP contribution in [0.3, 0.4) is 0 Å². The van der Waals surface area contributed by atoms with Crippen LogP contribution in [0, 0.1) is 17.5 Å². The average molecular weight is 384 g/mol. The van der Waals surface area contributed by atoms with Gasteiger partial charge in [0.05, 0.1) is 12.1 Å². The third kappa shape index (κ3) is 3.88. The molecule has 4 rings (SSSR count). The molecule has 1 aliphatic heterocycles. The van der Waals surface area contributed by atoms with Gasteiger partial charge in [-0.3, -0.25) is 10.6 Å². The predicted molar refractivity (Wildman–Crippen MR) is 100.0 cm³/mol. The molecule has 28 heavy (non-hydrogen) atoms. The molecule has 2 atom stereocenters. The molecule has 3 aromatic rings. The molecular weight excluding hydrogens is 365 g/mol. The van der Waals surface area contributed by atoms with Crippen LogP contribution in [-0.4, -0.2) is 5.85 Å². The second-order valence-corrected chi connectivity index (χ2v) is 6.94. The van der Waals surface area contributed by atoms with Crippen LogP contribution in [0.15, 0.2) is 72.8 Å². The number of halogens is 3. The summed E-state index contributed by atoms with van der Waals surface area (Å²) < 4.78 is 46.8. The Bertz CT molecular complexity index is 924. The van der Waals surface area contributed by atoms with Gasteiger partial charge in [-0.1, -0.05) is 24.3 Å². The lowest BCUT2D eigenvalue weighted by Gasteiger charge is -2.27. The maximum Gasteiger partial charge on any atom is 0.215 e. The molecule has 3 aromatic carbocycles. The maximum absolute atomic E-state index is 13.8. The Morgan fingerprint density at radius 2 is 1.21 bits per heavy atom. The first-order valence-corrected chi connectivity index (χ1v) is 8.93. The van der Waals surface area contributed by atoms with Gasteiger partial charge in [-0.05, 0) is 59.7 Å². The molecular formula is C22H19F3N2O. The van der Waals surface area contributed by atoms with Gasteiger partial charge in [-0.25, -0.2) is 13.2 Å². The SMILES string of the molecule is CC1(Oc2ccc(F)cc2)NC(c2cccc(F)c2)C(c2cccc(F)c2)N1. The van der Waals surface area contributed by atoms with E-state index in [2.05, 4.69) is 10.6 Å². The van der Waals surface area contributed by atoms with Crippen molar-refractivity contribution in [1.29, 1.82) is 0 Å². The summed E-state index contributed by atoms with van der Waals surface area (Å²) in [5.74, 6) is -1.65. The number of hydrogen-bond acceptors (Lipinski definition) is 3. The fourth-order valence-corrected chi connectivity index (χ4v) is 3.55. The van der Waals surface area contributed by atoms with Gasteiger partial charge in [0.1, 0.15) is 23.2 Å². The third-order valence-corrected chi connectivity index (χ3v) is 4.75. The zero-order chi connectivity index (χ0) is 19.7. The van der Waals surface area contributed by atoms with Gasteiger partial charge in [-0.2, -0.15) is 0 Å². The first kappa shape index (κ1) is 18.5. The second kappa shape index (κ2) is 7.30. The van der Waals surface area contributed by atoms with Gasteiger partial charge in [0, 0.05) is 6.92 Å². The summed E-state index contributed by atoms with van der Waals surface area (Å²) in [6.07, 6.45) is 0. The highest BCUT2D eigenvalue weighted by Crippen LogP contribution is 2.38. The summed E-state index contributed by atoms with van der Waals surface area (Å²) in [6.45, 7) is 1.78. The van der Waals surface area contributed by atoms with E-state index in [0.717, 1.165) is 0 Å². The number of nitrogens with one attached hydrogen (secondary N) is 2. The Labute approximate surface area is 161 Å². The summed E-state index contributed by atoms with van der Waals surface area (Å²) in [6, 6.07) is 17.4. The topological polar surface area (TPSA) is 33.3 Å². The molecule has 0 spiro atoms. The van der Waals surface area contributed by atoms with Gasteiger partial charge >= 0.3 is 0 Å². The van der Waals surface area contributed by atoms with E-state index in [1.54, 1.807) is 31.2 Å². The molecule has 0 bridgehead atoms. The third-order valence-electron chi connectivity index (χ3n) is 4.75. The van der Waals surface area contributed by atoms with Gasteiger partial charge in [0.25, 0.3) is 0 Å². The van der Waals surface area contributed by atoms with Crippen LogP contribution in [0.5, 0.6) is 5.75 Å². The van der Waals surface area contributed by atoms with Crippen molar-refractivity contribution in [2.75, 3.05) is 0 Å². The molecule has 0 radical (unpaired) electrons. The molecule has 2 N–H and O–H groups in total. The Morgan fingerprint density at radius 1 is 0.714 bits per heavy atom. The highest BCUT2D eigenvalue weighted by Gasteiger charge is 2.44. The molecule has 0 aliphatic carbocycles. The van der Waals surface area contributed by atoms with E-state index in [1.807, 2.05) is 0 Å². The fourth-order valence-electron chi connectivity index (χ4n) is 3.55. The van der Waals surface area contributed by atoms with E-state index >= 15 is 0 Å². The first-order chi connectivity index (χ1) is 13.4. The van der Waals surface area contributed by atoms with Crippen LogP contribution in [0.25, 0.3) is 0 Å². The molecule has 3 nitrogen and oxygen atoms in total. The largest absolute Gasteiger partial charge is 0.460 e. The molecule has 0 saturated carbocycles. The molecule has 1 aliphatic rings. The summed E-state index contributed by atoms with van der Waals surface area (Å²) in [7, 11) is 0. The summed E-state index contributed by atoms with van der Waals surface area (Å²) in [5, 5.41) is 6.65. The van der Waals surface area contributed by atoms with Gasteiger partial charge in [-0.15, -0.1) is 0 Å². The van der Waals surface area contributed by atoms with Crippen LogP contribution in [0.4, 0.5) is 13.2 Å². The van der Waals surface area contributed by atoms with Crippen LogP contribution >= 0.6 is 0 Å². The molecule has 2 unspecified atom stereocenters. The van der Waals surface area contributed by atoms with Crippen molar-refractivity contribution in [3.63, 3.8) is 0 Å². The zero-order valence-electron chi connectivity index (χ0n) is 15.1. The van der Waals surface area contributed by atoms with E-state index in [9.17, 15) is 13.2 Å². The van der Waals surface area contributed by atoms with Crippen molar-refractivity contribution in [2.45, 2.75) is 24.9 Å². The van der Waals surface area contributed by atoms with Crippen LogP contribution < -0.4 is 15.4 Å². The monoisotopic (exact) mass is 384 g/mol. The van der Waals surface area contributed by atoms with Crippen molar-refractivity contribution in [3.05, 3.63) is 101 Å². The van der Waals surface area contributed by atoms with Crippen molar-refractivity contribution < 1.29 is 17.9 Å². The molecule has 0 aromatic heterocycles. The standard InChI is InChI=1S/C22H19F3N2O/c1-22(28-19-10-8-16(23)9-11-19)26-20(14-4-2-6-17(24)12-14)21(27-22)15-5-3-7-18(25)13-15/h2-13,20-21,26-27H,1H3. The van der Waals surface area contributed by atoms with E-state index in [0.29, 0.717) is 16.9 Å². The first-order valence-electron chi connectivity index (χ1n) is 8.93. The minimum atomic E-state index is -1.04. The lowest BCUT2D eigenvalue weighted by molar-refractivity contribution is 0.0429. The highest BCUT2D eigenvalue weighted by atomic mass is 19.1. The van der Waals surface area contributed by atoms with Crippen molar-refractivity contribution in [3.8, 4) is 5.75 Å². The summed E-state index contributed by atoms with van der Waals surface area (Å²) in [5.41, 5.74) is 1.40. The van der Waals surface area contributed by atoms with Gasteiger partial charge < -0.3 is 4.74 Å². The highest BCUT2D eigenvalue weighted by molar-refractivity contribution is 5.32. The van der Waals surface area contributed by atoms with Crippen molar-refractivity contribution in [2.24, 2.45) is 0 Å². The van der Waals surface area contributed by atoms with E-state index in [-0.39, 0.29) is 29.5 Å². The predicted octanol–water partition coefficient (Wildman–Crippen LogP) is 4.83. The second-order valence-electron chi connectivity index (χ2n) is 6.94. The molecule has 1 fully saturated rings. The molecule has 1 saturated heterocycles. The number of rotatable bonds is 4. The molecule has 144 valence electrons. The maximum atomic E-state index is 13.8. The summed E-state index contributed by atoms with van der Waals surface area (Å²) >= 11 is 0. The Balaban J connectivity index is 1.68. The number of hydrogen-bond donors (Lipinski definition) is 2. The normalized spacial score (nSPS) is 24.3. The summed E-state index contributed by atoms with van der Waals surface area (Å²) in [4.78, 5) is 0. The van der Waals surface area contributed by atoms with E-state index in [4.69, 9.17) is 4.74 Å². The minimum Gasteiger partial charge on any atom is -0.460 e. The van der Waals surface area contributed by atoms with Crippen LogP contribution in [0.2, 0.25) is 0 Å². The minimum absolute atomic E-state index is 0.356. The fraction of sp³-hybridized carbons (Fsp3) is 0.182. The molecule has 0 amide bonds. The lowest BCUT2D eigenvalue weighted by atomic mass is 9.95. The average Bonchev–Trinajstić information content (AvgIpc) is 3.01. The van der Waals surface area contributed by atoms with Crippen LogP contribution in [-0.2, 0) is 0 Å². The Morgan fingerprint density at radius 3 is 1.68 bits per heavy atom. The quantitative estimate of drug-likeness (QED) is 0.676. The zero-order valence-corrected chi connectivity index (χ0v) is 15.1. The molecule has 1 heterocycles. The number of ether oxygens (including phenoxy) is 1. The number of benzene rings is 3. The van der Waals surface area contributed by atoms with Gasteiger partial charge in [0.2, 0.25) is 5.85 Å². The van der Waals surface area contributed by atoms with Crippen molar-refractivity contribution in [1.82, 2.24) is 10.6 Å². The van der Waals surface area contributed by atoms with E-state index < -0.39 is 5.85 Å². The lowest BCUT2D eigenvalue weighted by Crippen LogP contribution is -2.51. The van der Waals surface area contributed by atoms with Crippen LogP contribution in [0.1, 0.15) is 30.1 Å². The van der Waals surface area contributed by atoms with E-state index in [1.165, 1.54) is 48.5 Å². The Kier molecular flexibility index (Phi) is 4.83. The van der Waals surface area contributed by atoms with Crippen molar-refractivity contribution >= 4 is 0 Å². The van der Waals surface area contributed by atoms with Gasteiger partial charge in [0.15, 0.2) is 0 Å².